The van der Waals surface area contributed by atoms with Gasteiger partial charge in [-0.15, -0.1) is 0 Å². The summed E-state index contributed by atoms with van der Waals surface area (Å²) in [6.45, 7) is 5.20. The highest BCUT2D eigenvalue weighted by molar-refractivity contribution is 5.78. The Bertz CT molecular complexity index is 1210. The number of hydrogen-bond donors (Lipinski definition) is 1. The summed E-state index contributed by atoms with van der Waals surface area (Å²) in [5, 5.41) is 0. The molecule has 1 aromatic heterocycles. The average Bonchev–Trinajstić information content (AvgIpc) is 3.26. The summed E-state index contributed by atoms with van der Waals surface area (Å²) in [6.07, 6.45) is -4.33. The Kier molecular flexibility index (Phi) is 9.32. The van der Waals surface area contributed by atoms with E-state index in [1.54, 1.807) is 12.3 Å². The third-order valence-electron chi connectivity index (χ3n) is 6.10. The molecule has 0 spiro atoms. The normalized spacial score (nSPS) is 13.8. The predicted octanol–water partition coefficient (Wildman–Crippen LogP) is 5.48. The number of nitrogens with two attached hydrogens (primary N) is 1. The molecule has 1 amide bonds. The molecule has 6 nitrogen and oxygen atoms in total. The van der Waals surface area contributed by atoms with Gasteiger partial charge in [-0.2, -0.15) is 13.2 Å². The van der Waals surface area contributed by atoms with Crippen LogP contribution in [0.5, 0.6) is 0 Å². The molecule has 1 heterocycles. The number of amides is 1. The van der Waals surface area contributed by atoms with E-state index >= 15 is 0 Å². The number of rotatable bonds is 10. The Labute approximate surface area is 220 Å². The van der Waals surface area contributed by atoms with Crippen LogP contribution in [0.1, 0.15) is 43.8 Å². The fourth-order valence-corrected chi connectivity index (χ4v) is 4.39. The Balaban J connectivity index is 2.21. The van der Waals surface area contributed by atoms with Crippen LogP contribution in [0.2, 0.25) is 0 Å². The van der Waals surface area contributed by atoms with Crippen molar-refractivity contribution in [3.63, 3.8) is 0 Å². The second-order valence-corrected chi connectivity index (χ2v) is 10.3. The van der Waals surface area contributed by atoms with Crippen LogP contribution >= 0.6 is 0 Å². The number of methoxy groups -OCH3 is 1. The molecular weight excluding hydrogens is 500 g/mol. The molecule has 0 saturated carbocycles. The van der Waals surface area contributed by atoms with Crippen molar-refractivity contribution in [2.45, 2.75) is 45.7 Å². The second kappa shape index (κ2) is 12.1. The lowest BCUT2D eigenvalue weighted by Crippen LogP contribution is -2.47. The first-order chi connectivity index (χ1) is 17.8. The van der Waals surface area contributed by atoms with Gasteiger partial charge in [0.25, 0.3) is 0 Å². The largest absolute Gasteiger partial charge is 0.416 e. The number of imidazole rings is 1. The second-order valence-electron chi connectivity index (χ2n) is 10.3. The van der Waals surface area contributed by atoms with Gasteiger partial charge in [-0.1, -0.05) is 63.2 Å². The molecule has 0 saturated heterocycles. The van der Waals surface area contributed by atoms with E-state index in [1.807, 2.05) is 55.7 Å². The predicted molar refractivity (Wildman–Crippen MR) is 138 cm³/mol. The maximum Gasteiger partial charge on any atom is 0.416 e. The molecular formula is C28H34F4N4O2. The lowest BCUT2D eigenvalue weighted by atomic mass is 9.84. The van der Waals surface area contributed by atoms with Crippen molar-refractivity contribution in [3.8, 4) is 11.3 Å². The molecule has 0 unspecified atom stereocenters. The van der Waals surface area contributed by atoms with Gasteiger partial charge in [0, 0.05) is 32.0 Å². The van der Waals surface area contributed by atoms with E-state index in [1.165, 1.54) is 18.1 Å². The van der Waals surface area contributed by atoms with Gasteiger partial charge in [0.15, 0.2) is 0 Å². The molecule has 0 aliphatic heterocycles. The number of carbonyl (C=O) groups excluding carboxylic acids is 1. The zero-order chi connectivity index (χ0) is 28.1. The van der Waals surface area contributed by atoms with E-state index in [9.17, 15) is 22.4 Å². The van der Waals surface area contributed by atoms with Gasteiger partial charge in [-0.05, 0) is 23.1 Å². The summed E-state index contributed by atoms with van der Waals surface area (Å²) in [5.74, 6) is -0.0270. The third-order valence-corrected chi connectivity index (χ3v) is 6.10. The average molecular weight is 535 g/mol. The van der Waals surface area contributed by atoms with Crippen molar-refractivity contribution in [2.75, 3.05) is 26.8 Å². The zero-order valence-electron chi connectivity index (χ0n) is 22.0. The van der Waals surface area contributed by atoms with E-state index in [2.05, 4.69) is 0 Å². The molecule has 0 aliphatic carbocycles. The van der Waals surface area contributed by atoms with Crippen molar-refractivity contribution in [3.05, 3.63) is 77.7 Å². The first-order valence-corrected chi connectivity index (χ1v) is 12.3. The molecule has 2 atom stereocenters. The van der Waals surface area contributed by atoms with Gasteiger partial charge < -0.3 is 19.9 Å². The lowest BCUT2D eigenvalue weighted by molar-refractivity contribution is -0.141. The molecule has 2 aromatic carbocycles. The van der Waals surface area contributed by atoms with Crippen molar-refractivity contribution >= 4 is 5.91 Å². The molecule has 0 radical (unpaired) electrons. The molecule has 0 bridgehead atoms. The number of benzene rings is 2. The highest BCUT2D eigenvalue weighted by atomic mass is 19.4. The molecule has 2 N–H and O–H groups in total. The number of halogens is 4. The molecule has 0 fully saturated rings. The van der Waals surface area contributed by atoms with E-state index in [0.717, 1.165) is 17.7 Å². The number of carbonyl (C=O) groups is 1. The molecule has 38 heavy (non-hydrogen) atoms. The molecule has 10 heteroatoms. The van der Waals surface area contributed by atoms with Crippen molar-refractivity contribution in [1.29, 1.82) is 0 Å². The smallest absolute Gasteiger partial charge is 0.375 e. The maximum atomic E-state index is 14.6. The Morgan fingerprint density at radius 1 is 1.11 bits per heavy atom. The standard InChI is InChI=1S/C28H34F4N4O2/c1-27(2,3)25(36(16-22(29)14-33)24(37)18-38-4)26-34-23(17-35(26)15-19-9-6-5-7-10-19)20-11-8-12-21(13-20)28(30,31)32/h5-13,17,22,25H,14-16,18,33H2,1-4H3/t22-,25-/m0/s1. The van der Waals surface area contributed by atoms with Gasteiger partial charge in [0.05, 0.1) is 23.8 Å². The van der Waals surface area contributed by atoms with Gasteiger partial charge in [-0.3, -0.25) is 4.79 Å². The first kappa shape index (κ1) is 29.3. The van der Waals surface area contributed by atoms with Crippen molar-refractivity contribution in [1.82, 2.24) is 14.5 Å². The fourth-order valence-electron chi connectivity index (χ4n) is 4.39. The first-order valence-electron chi connectivity index (χ1n) is 12.3. The van der Waals surface area contributed by atoms with Crippen molar-refractivity contribution in [2.24, 2.45) is 11.1 Å². The SMILES string of the molecule is COCC(=O)N(C[C@@H](F)CN)[C@@H](c1nc(-c2cccc(C(F)(F)F)c2)cn1Cc1ccccc1)C(C)(C)C. The van der Waals surface area contributed by atoms with Crippen LogP contribution in [-0.4, -0.2) is 53.3 Å². The number of hydrogen-bond acceptors (Lipinski definition) is 4. The van der Waals surface area contributed by atoms with E-state index in [0.29, 0.717) is 18.1 Å². The van der Waals surface area contributed by atoms with Gasteiger partial charge in [0.2, 0.25) is 5.91 Å². The van der Waals surface area contributed by atoms with Gasteiger partial charge in [0.1, 0.15) is 18.6 Å². The molecule has 206 valence electrons. The molecule has 3 aromatic rings. The quantitative estimate of drug-likeness (QED) is 0.350. The monoisotopic (exact) mass is 534 g/mol. The summed E-state index contributed by atoms with van der Waals surface area (Å²) in [7, 11) is 1.38. The third kappa shape index (κ3) is 7.20. The number of alkyl halides is 4. The topological polar surface area (TPSA) is 73.4 Å². The van der Waals surface area contributed by atoms with Gasteiger partial charge >= 0.3 is 6.18 Å². The number of aromatic nitrogens is 2. The highest BCUT2D eigenvalue weighted by Crippen LogP contribution is 2.40. The minimum absolute atomic E-state index is 0.274. The summed E-state index contributed by atoms with van der Waals surface area (Å²) < 4.78 is 61.8. The molecule has 3 rings (SSSR count). The molecule has 0 aliphatic rings. The minimum atomic E-state index is -4.51. The van der Waals surface area contributed by atoms with Crippen LogP contribution in [0.3, 0.4) is 0 Å². The maximum absolute atomic E-state index is 14.6. The van der Waals surface area contributed by atoms with Crippen LogP contribution < -0.4 is 5.73 Å². The van der Waals surface area contributed by atoms with Crippen LogP contribution in [0, 0.1) is 5.41 Å². The zero-order valence-corrected chi connectivity index (χ0v) is 22.0. The van der Waals surface area contributed by atoms with Crippen LogP contribution in [0.25, 0.3) is 11.3 Å². The minimum Gasteiger partial charge on any atom is -0.375 e. The Hall–Kier alpha value is -3.24. The summed E-state index contributed by atoms with van der Waals surface area (Å²) in [4.78, 5) is 19.3. The van der Waals surface area contributed by atoms with E-state index in [4.69, 9.17) is 15.5 Å². The van der Waals surface area contributed by atoms with Crippen LogP contribution in [0.15, 0.2) is 60.8 Å². The Morgan fingerprint density at radius 2 is 1.79 bits per heavy atom. The Morgan fingerprint density at radius 3 is 2.37 bits per heavy atom. The fraction of sp³-hybridized carbons (Fsp3) is 0.429. The summed E-state index contributed by atoms with van der Waals surface area (Å²) in [6, 6.07) is 13.7. The lowest BCUT2D eigenvalue weighted by Gasteiger charge is -2.40. The van der Waals surface area contributed by atoms with Crippen LogP contribution in [0.4, 0.5) is 17.6 Å². The van der Waals surface area contributed by atoms with Crippen molar-refractivity contribution < 1.29 is 27.1 Å². The van der Waals surface area contributed by atoms with E-state index < -0.39 is 35.3 Å². The summed E-state index contributed by atoms with van der Waals surface area (Å²) in [5.41, 5.74) is 5.64. The van der Waals surface area contributed by atoms with E-state index in [-0.39, 0.29) is 25.3 Å². The van der Waals surface area contributed by atoms with Gasteiger partial charge in [-0.25, -0.2) is 9.37 Å². The highest BCUT2D eigenvalue weighted by Gasteiger charge is 2.39. The number of ether oxygens (including phenoxy) is 1. The summed E-state index contributed by atoms with van der Waals surface area (Å²) >= 11 is 0. The van der Waals surface area contributed by atoms with Crippen LogP contribution in [-0.2, 0) is 22.3 Å². The number of nitrogens with zero attached hydrogens (tertiary/aromatic N) is 3.